The lowest BCUT2D eigenvalue weighted by atomic mass is 10.2. The largest absolute Gasteiger partial charge is 0.270 e. The van der Waals surface area contributed by atoms with E-state index in [1.165, 1.54) is 34.9 Å². The van der Waals surface area contributed by atoms with Gasteiger partial charge in [0.2, 0.25) is 0 Å². The van der Waals surface area contributed by atoms with Crippen molar-refractivity contribution in [2.24, 2.45) is 0 Å². The highest BCUT2D eigenvalue weighted by molar-refractivity contribution is 8.27. The monoisotopic (exact) mass is 383 g/mol. The van der Waals surface area contributed by atoms with Crippen LogP contribution in [0.5, 0.6) is 0 Å². The molecule has 3 rings (SSSR count). The van der Waals surface area contributed by atoms with Gasteiger partial charge in [-0.05, 0) is 42.0 Å². The molecule has 1 aliphatic rings. The molecule has 1 saturated heterocycles. The predicted molar refractivity (Wildman–Crippen MR) is 98.5 cm³/mol. The number of halogens is 3. The third-order valence-corrected chi connectivity index (χ3v) is 4.93. The van der Waals surface area contributed by atoms with Crippen LogP contribution < -0.4 is 4.90 Å². The van der Waals surface area contributed by atoms with Crippen LogP contribution in [0.1, 0.15) is 5.56 Å². The minimum Gasteiger partial charge on any atom is -0.268 e. The molecule has 0 saturated carbocycles. The molecule has 0 aliphatic carbocycles. The lowest BCUT2D eigenvalue weighted by Crippen LogP contribution is -2.27. The van der Waals surface area contributed by atoms with Crippen molar-refractivity contribution >= 4 is 69.2 Å². The van der Waals surface area contributed by atoms with Crippen LogP contribution >= 0.6 is 47.2 Å². The van der Waals surface area contributed by atoms with Gasteiger partial charge < -0.3 is 0 Å². The zero-order chi connectivity index (χ0) is 16.6. The first-order valence-electron chi connectivity index (χ1n) is 6.44. The molecule has 7 heteroatoms. The number of carbonyl (C=O) groups excluding carboxylic acids is 1. The maximum atomic E-state index is 13.3. The van der Waals surface area contributed by atoms with Crippen LogP contribution in [-0.4, -0.2) is 10.2 Å². The maximum absolute atomic E-state index is 13.3. The van der Waals surface area contributed by atoms with Gasteiger partial charge in [0.15, 0.2) is 4.32 Å². The van der Waals surface area contributed by atoms with Gasteiger partial charge in [0, 0.05) is 5.02 Å². The van der Waals surface area contributed by atoms with E-state index in [4.69, 9.17) is 35.4 Å². The molecular formula is C16H8Cl2FNOS2. The highest BCUT2D eigenvalue weighted by Gasteiger charge is 2.33. The Morgan fingerprint density at radius 1 is 1.17 bits per heavy atom. The van der Waals surface area contributed by atoms with Gasteiger partial charge in [0.25, 0.3) is 5.91 Å². The van der Waals surface area contributed by atoms with Crippen LogP contribution in [0.4, 0.5) is 10.1 Å². The van der Waals surface area contributed by atoms with Gasteiger partial charge in [-0.2, -0.15) is 0 Å². The Morgan fingerprint density at radius 3 is 2.65 bits per heavy atom. The Kier molecular flexibility index (Phi) is 4.73. The van der Waals surface area contributed by atoms with Crippen molar-refractivity contribution in [3.05, 3.63) is 68.8 Å². The second kappa shape index (κ2) is 6.61. The summed E-state index contributed by atoms with van der Waals surface area (Å²) in [4.78, 5) is 14.4. The van der Waals surface area contributed by atoms with Crippen LogP contribution in [0.3, 0.4) is 0 Å². The zero-order valence-electron chi connectivity index (χ0n) is 11.4. The van der Waals surface area contributed by atoms with Crippen molar-refractivity contribution in [1.29, 1.82) is 0 Å². The molecule has 0 aromatic heterocycles. The summed E-state index contributed by atoms with van der Waals surface area (Å²) in [6, 6.07) is 11.2. The second-order valence-corrected chi connectivity index (χ2v) is 7.19. The van der Waals surface area contributed by atoms with E-state index in [2.05, 4.69) is 0 Å². The van der Waals surface area contributed by atoms with Crippen LogP contribution in [0, 0.1) is 5.82 Å². The summed E-state index contributed by atoms with van der Waals surface area (Å²) in [7, 11) is 0. The fourth-order valence-electron chi connectivity index (χ4n) is 2.06. The van der Waals surface area contributed by atoms with Gasteiger partial charge in [0.05, 0.1) is 15.6 Å². The fourth-order valence-corrected chi connectivity index (χ4v) is 3.73. The zero-order valence-corrected chi connectivity index (χ0v) is 14.6. The van der Waals surface area contributed by atoms with Gasteiger partial charge >= 0.3 is 0 Å². The van der Waals surface area contributed by atoms with Crippen molar-refractivity contribution in [3.8, 4) is 0 Å². The molecule has 1 amide bonds. The smallest absolute Gasteiger partial charge is 0.268 e. The predicted octanol–water partition coefficient (Wildman–Crippen LogP) is 5.54. The molecule has 0 bridgehead atoms. The van der Waals surface area contributed by atoms with Crippen molar-refractivity contribution in [3.63, 3.8) is 0 Å². The number of carbonyl (C=O) groups is 1. The first-order chi connectivity index (χ1) is 11.0. The Balaban J connectivity index is 1.95. The number of amides is 1. The minimum absolute atomic E-state index is 0.0598. The molecule has 0 unspecified atom stereocenters. The van der Waals surface area contributed by atoms with Gasteiger partial charge in [-0.15, -0.1) is 0 Å². The molecule has 1 fully saturated rings. The van der Waals surface area contributed by atoms with E-state index in [1.807, 2.05) is 6.07 Å². The summed E-state index contributed by atoms with van der Waals surface area (Å²) in [5.41, 5.74) is 1.24. The topological polar surface area (TPSA) is 20.3 Å². The normalized spacial score (nSPS) is 16.5. The van der Waals surface area contributed by atoms with Crippen molar-refractivity contribution < 1.29 is 9.18 Å². The van der Waals surface area contributed by atoms with Crippen molar-refractivity contribution in [2.75, 3.05) is 4.90 Å². The van der Waals surface area contributed by atoms with Crippen molar-refractivity contribution in [1.82, 2.24) is 0 Å². The minimum atomic E-state index is -0.546. The number of anilines is 1. The highest BCUT2D eigenvalue weighted by atomic mass is 35.5. The standard InChI is InChI=1S/C16H8Cl2FNOS2/c17-10-3-1-2-9(6-10)7-14-15(21)20(16(22)23-14)11-4-5-13(19)12(18)8-11/h1-8H/b14-7+. The summed E-state index contributed by atoms with van der Waals surface area (Å²) in [6.07, 6.45) is 1.72. The van der Waals surface area contributed by atoms with E-state index in [9.17, 15) is 9.18 Å². The first-order valence-corrected chi connectivity index (χ1v) is 8.42. The fraction of sp³-hybridized carbons (Fsp3) is 0. The summed E-state index contributed by atoms with van der Waals surface area (Å²) < 4.78 is 13.7. The Labute approximate surface area is 151 Å². The molecule has 0 N–H and O–H groups in total. The van der Waals surface area contributed by atoms with E-state index in [-0.39, 0.29) is 10.9 Å². The van der Waals surface area contributed by atoms with Gasteiger partial charge in [-0.25, -0.2) is 4.39 Å². The third kappa shape index (κ3) is 3.43. The number of thiocarbonyl (C=S) groups is 1. The SMILES string of the molecule is O=C1/C(=C\c2cccc(Cl)c2)SC(=S)N1c1ccc(F)c(Cl)c1. The third-order valence-electron chi connectivity index (χ3n) is 3.10. The number of hydrogen-bond donors (Lipinski definition) is 0. The molecule has 0 spiro atoms. The van der Waals surface area contributed by atoms with Gasteiger partial charge in [0.1, 0.15) is 5.82 Å². The van der Waals surface area contributed by atoms with E-state index in [1.54, 1.807) is 24.3 Å². The quantitative estimate of drug-likeness (QED) is 0.501. The highest BCUT2D eigenvalue weighted by Crippen LogP contribution is 2.37. The van der Waals surface area contributed by atoms with E-state index in [0.717, 1.165) is 5.56 Å². The molecular weight excluding hydrogens is 376 g/mol. The maximum Gasteiger partial charge on any atom is 0.270 e. The van der Waals surface area contributed by atoms with Gasteiger partial charge in [-0.1, -0.05) is 59.3 Å². The number of hydrogen-bond acceptors (Lipinski definition) is 3. The average molecular weight is 384 g/mol. The van der Waals surface area contributed by atoms with Gasteiger partial charge in [-0.3, -0.25) is 9.69 Å². The lowest BCUT2D eigenvalue weighted by molar-refractivity contribution is -0.113. The number of rotatable bonds is 2. The molecule has 2 nitrogen and oxygen atoms in total. The summed E-state index contributed by atoms with van der Waals surface area (Å²) in [5.74, 6) is -0.821. The molecule has 1 heterocycles. The summed E-state index contributed by atoms with van der Waals surface area (Å²) >= 11 is 18.2. The molecule has 2 aromatic rings. The summed E-state index contributed by atoms with van der Waals surface area (Å²) in [6.45, 7) is 0. The molecule has 116 valence electrons. The van der Waals surface area contributed by atoms with Crippen LogP contribution in [0.15, 0.2) is 47.4 Å². The number of nitrogens with zero attached hydrogens (tertiary/aromatic N) is 1. The Hall–Kier alpha value is -1.40. The summed E-state index contributed by atoms with van der Waals surface area (Å²) in [5, 5.41) is 0.523. The van der Waals surface area contributed by atoms with Crippen LogP contribution in [-0.2, 0) is 4.79 Å². The average Bonchev–Trinajstić information content (AvgIpc) is 2.77. The van der Waals surface area contributed by atoms with Crippen LogP contribution in [0.2, 0.25) is 10.0 Å². The van der Waals surface area contributed by atoms with Crippen LogP contribution in [0.25, 0.3) is 6.08 Å². The lowest BCUT2D eigenvalue weighted by Gasteiger charge is -2.14. The van der Waals surface area contributed by atoms with E-state index < -0.39 is 5.82 Å². The van der Waals surface area contributed by atoms with E-state index in [0.29, 0.717) is 19.9 Å². The van der Waals surface area contributed by atoms with E-state index >= 15 is 0 Å². The Morgan fingerprint density at radius 2 is 1.96 bits per heavy atom. The number of benzene rings is 2. The second-order valence-electron chi connectivity index (χ2n) is 4.67. The molecule has 0 atom stereocenters. The van der Waals surface area contributed by atoms with Crippen molar-refractivity contribution in [2.45, 2.75) is 0 Å². The molecule has 1 aliphatic heterocycles. The first kappa shape index (κ1) is 16.5. The molecule has 0 radical (unpaired) electrons. The molecule has 2 aromatic carbocycles. The number of thioether (sulfide) groups is 1. The molecule has 23 heavy (non-hydrogen) atoms. The Bertz CT molecular complexity index is 854.